The Bertz CT molecular complexity index is 508. The van der Waals surface area contributed by atoms with Crippen LogP contribution in [-0.2, 0) is 13.7 Å². The summed E-state index contributed by atoms with van der Waals surface area (Å²) in [5, 5.41) is 9.92. The van der Waals surface area contributed by atoms with Gasteiger partial charge in [-0.25, -0.2) is 4.98 Å². The highest BCUT2D eigenvalue weighted by molar-refractivity contribution is 5.35. The largest absolute Gasteiger partial charge is 0.485 e. The van der Waals surface area contributed by atoms with E-state index in [4.69, 9.17) is 4.74 Å². The minimum atomic E-state index is -0.484. The normalized spacial score (nSPS) is 12.4. The van der Waals surface area contributed by atoms with Crippen LogP contribution in [0, 0.1) is 0 Å². The molecule has 18 heavy (non-hydrogen) atoms. The first-order valence-electron chi connectivity index (χ1n) is 6.08. The van der Waals surface area contributed by atoms with Crippen LogP contribution in [0.5, 0.6) is 5.75 Å². The van der Waals surface area contributed by atoms with Crippen molar-refractivity contribution in [1.82, 2.24) is 9.55 Å². The molecule has 4 nitrogen and oxygen atoms in total. The zero-order valence-electron chi connectivity index (χ0n) is 10.7. The quantitative estimate of drug-likeness (QED) is 0.881. The van der Waals surface area contributed by atoms with E-state index in [2.05, 4.69) is 4.98 Å². The number of para-hydroxylation sites is 1. The number of aliphatic hydroxyl groups excluding tert-OH is 1. The van der Waals surface area contributed by atoms with E-state index in [9.17, 15) is 5.11 Å². The van der Waals surface area contributed by atoms with Gasteiger partial charge in [0.2, 0.25) is 0 Å². The molecule has 96 valence electrons. The average Bonchev–Trinajstić information content (AvgIpc) is 2.81. The lowest BCUT2D eigenvalue weighted by atomic mass is 10.1. The zero-order valence-corrected chi connectivity index (χ0v) is 10.7. The standard InChI is InChI=1S/C14H18N2O2/c1-3-12(17)11-6-4-5-7-13(11)18-10-14-15-8-9-16(14)2/h4-9,12,17H,3,10H2,1-2H3/t12-/m1/s1. The molecule has 0 amide bonds. The molecular formula is C14H18N2O2. The van der Waals surface area contributed by atoms with Gasteiger partial charge in [0.05, 0.1) is 6.10 Å². The lowest BCUT2D eigenvalue weighted by Crippen LogP contribution is -2.06. The number of aryl methyl sites for hydroxylation is 1. The van der Waals surface area contributed by atoms with Crippen molar-refractivity contribution < 1.29 is 9.84 Å². The van der Waals surface area contributed by atoms with E-state index in [-0.39, 0.29) is 0 Å². The van der Waals surface area contributed by atoms with E-state index < -0.39 is 6.10 Å². The minimum Gasteiger partial charge on any atom is -0.485 e. The van der Waals surface area contributed by atoms with Crippen molar-refractivity contribution in [3.63, 3.8) is 0 Å². The van der Waals surface area contributed by atoms with Gasteiger partial charge in [0.1, 0.15) is 18.2 Å². The number of imidazole rings is 1. The third-order valence-corrected chi connectivity index (χ3v) is 2.94. The lowest BCUT2D eigenvalue weighted by Gasteiger charge is -2.14. The third kappa shape index (κ3) is 2.71. The molecule has 2 aromatic rings. The molecule has 1 aromatic heterocycles. The summed E-state index contributed by atoms with van der Waals surface area (Å²) in [6.45, 7) is 2.34. The van der Waals surface area contributed by atoms with E-state index in [1.165, 1.54) is 0 Å². The highest BCUT2D eigenvalue weighted by atomic mass is 16.5. The fourth-order valence-corrected chi connectivity index (χ4v) is 1.79. The van der Waals surface area contributed by atoms with Crippen LogP contribution in [-0.4, -0.2) is 14.7 Å². The first-order valence-corrected chi connectivity index (χ1v) is 6.08. The fraction of sp³-hybridized carbons (Fsp3) is 0.357. The summed E-state index contributed by atoms with van der Waals surface area (Å²) in [7, 11) is 1.93. The number of aliphatic hydroxyl groups is 1. The second-order valence-electron chi connectivity index (χ2n) is 4.20. The molecule has 0 fully saturated rings. The molecule has 0 unspecified atom stereocenters. The van der Waals surface area contributed by atoms with E-state index >= 15 is 0 Å². The van der Waals surface area contributed by atoms with E-state index in [0.717, 1.165) is 17.1 Å². The van der Waals surface area contributed by atoms with Crippen LogP contribution in [0.25, 0.3) is 0 Å². The molecule has 1 heterocycles. The summed E-state index contributed by atoms with van der Waals surface area (Å²) in [6.07, 6.45) is 3.81. The number of rotatable bonds is 5. The third-order valence-electron chi connectivity index (χ3n) is 2.94. The second kappa shape index (κ2) is 5.69. The van der Waals surface area contributed by atoms with Gasteiger partial charge in [-0.2, -0.15) is 0 Å². The lowest BCUT2D eigenvalue weighted by molar-refractivity contribution is 0.166. The number of ether oxygens (including phenoxy) is 1. The van der Waals surface area contributed by atoms with Gasteiger partial charge in [-0.05, 0) is 12.5 Å². The SMILES string of the molecule is CC[C@@H](O)c1ccccc1OCc1nccn1C. The maximum atomic E-state index is 9.92. The maximum absolute atomic E-state index is 9.92. The van der Waals surface area contributed by atoms with E-state index in [1.807, 2.05) is 49.0 Å². The molecule has 1 atom stereocenters. The molecule has 2 rings (SSSR count). The van der Waals surface area contributed by atoms with Gasteiger partial charge >= 0.3 is 0 Å². The summed E-state index contributed by atoms with van der Waals surface area (Å²) < 4.78 is 7.66. The van der Waals surface area contributed by atoms with Crippen LogP contribution in [0.3, 0.4) is 0 Å². The predicted molar refractivity (Wildman–Crippen MR) is 69.2 cm³/mol. The maximum Gasteiger partial charge on any atom is 0.146 e. The Morgan fingerprint density at radius 2 is 2.17 bits per heavy atom. The Morgan fingerprint density at radius 1 is 1.39 bits per heavy atom. The van der Waals surface area contributed by atoms with Crippen LogP contribution in [0.1, 0.15) is 30.8 Å². The molecule has 0 radical (unpaired) electrons. The van der Waals surface area contributed by atoms with Crippen LogP contribution in [0.4, 0.5) is 0 Å². The highest BCUT2D eigenvalue weighted by Gasteiger charge is 2.11. The molecule has 4 heteroatoms. The smallest absolute Gasteiger partial charge is 0.146 e. The summed E-state index contributed by atoms with van der Waals surface area (Å²) in [5.74, 6) is 1.57. The highest BCUT2D eigenvalue weighted by Crippen LogP contribution is 2.27. The van der Waals surface area contributed by atoms with Crippen molar-refractivity contribution in [2.45, 2.75) is 26.1 Å². The van der Waals surface area contributed by atoms with E-state index in [0.29, 0.717) is 13.0 Å². The predicted octanol–water partition coefficient (Wildman–Crippen LogP) is 2.44. The second-order valence-corrected chi connectivity index (χ2v) is 4.20. The molecule has 0 bridgehead atoms. The summed E-state index contributed by atoms with van der Waals surface area (Å²) >= 11 is 0. The van der Waals surface area contributed by atoms with Gasteiger partial charge in [-0.1, -0.05) is 25.1 Å². The van der Waals surface area contributed by atoms with Gasteiger partial charge in [0, 0.05) is 25.0 Å². The van der Waals surface area contributed by atoms with Gasteiger partial charge in [-0.15, -0.1) is 0 Å². The number of aromatic nitrogens is 2. The number of hydrogen-bond acceptors (Lipinski definition) is 3. The Kier molecular flexibility index (Phi) is 3.99. The first kappa shape index (κ1) is 12.6. The van der Waals surface area contributed by atoms with Crippen LogP contribution in [0.15, 0.2) is 36.7 Å². The van der Waals surface area contributed by atoms with Crippen molar-refractivity contribution in [1.29, 1.82) is 0 Å². The minimum absolute atomic E-state index is 0.400. The van der Waals surface area contributed by atoms with Gasteiger partial charge in [0.15, 0.2) is 0 Å². The van der Waals surface area contributed by atoms with Gasteiger partial charge < -0.3 is 14.4 Å². The average molecular weight is 246 g/mol. The number of nitrogens with zero attached hydrogens (tertiary/aromatic N) is 2. The van der Waals surface area contributed by atoms with Gasteiger partial charge in [0.25, 0.3) is 0 Å². The molecule has 0 aliphatic heterocycles. The number of benzene rings is 1. The summed E-state index contributed by atoms with van der Waals surface area (Å²) in [5.41, 5.74) is 0.828. The molecule has 1 N–H and O–H groups in total. The van der Waals surface area contributed by atoms with Crippen LogP contribution in [0.2, 0.25) is 0 Å². The molecule has 1 aromatic carbocycles. The molecule has 0 aliphatic rings. The van der Waals surface area contributed by atoms with Crippen molar-refractivity contribution in [3.8, 4) is 5.75 Å². The number of hydrogen-bond donors (Lipinski definition) is 1. The monoisotopic (exact) mass is 246 g/mol. The molecule has 0 spiro atoms. The Labute approximate surface area is 107 Å². The topological polar surface area (TPSA) is 47.3 Å². The Morgan fingerprint density at radius 3 is 2.83 bits per heavy atom. The molecule has 0 aliphatic carbocycles. The molecular weight excluding hydrogens is 228 g/mol. The summed E-state index contributed by atoms with van der Waals surface area (Å²) in [6, 6.07) is 7.57. The fourth-order valence-electron chi connectivity index (χ4n) is 1.79. The van der Waals surface area contributed by atoms with Crippen molar-refractivity contribution in [3.05, 3.63) is 48.0 Å². The van der Waals surface area contributed by atoms with Crippen LogP contribution < -0.4 is 4.74 Å². The molecule has 0 saturated carbocycles. The van der Waals surface area contributed by atoms with Crippen molar-refractivity contribution in [2.75, 3.05) is 0 Å². The zero-order chi connectivity index (χ0) is 13.0. The Hall–Kier alpha value is -1.81. The van der Waals surface area contributed by atoms with E-state index in [1.54, 1.807) is 6.20 Å². The molecule has 0 saturated heterocycles. The van der Waals surface area contributed by atoms with Crippen molar-refractivity contribution in [2.24, 2.45) is 7.05 Å². The summed E-state index contributed by atoms with van der Waals surface area (Å²) in [4.78, 5) is 4.20. The first-order chi connectivity index (χ1) is 8.72. The van der Waals surface area contributed by atoms with Crippen LogP contribution >= 0.6 is 0 Å². The Balaban J connectivity index is 2.12. The van der Waals surface area contributed by atoms with Crippen molar-refractivity contribution >= 4 is 0 Å². The van der Waals surface area contributed by atoms with Gasteiger partial charge in [-0.3, -0.25) is 0 Å².